The number of ether oxygens (including phenoxy) is 2. The molecule has 0 saturated carbocycles. The molecule has 1 aromatic heterocycles. The Bertz CT molecular complexity index is 616. The second-order valence-electron chi connectivity index (χ2n) is 3.36. The maximum absolute atomic E-state index is 8.81. The van der Waals surface area contributed by atoms with Crippen molar-refractivity contribution >= 4 is 15.9 Å². The van der Waals surface area contributed by atoms with Crippen LogP contribution in [-0.4, -0.2) is 19.4 Å². The Balaban J connectivity index is 2.51. The number of nitriles is 1. The monoisotopic (exact) mass is 308 g/mol. The van der Waals surface area contributed by atoms with Gasteiger partial charge in [-0.3, -0.25) is 0 Å². The number of methoxy groups -OCH3 is 2. The number of hydrogen-bond donors (Lipinski definition) is 0. The molecule has 6 heteroatoms. The van der Waals surface area contributed by atoms with Crippen molar-refractivity contribution in [3.05, 3.63) is 28.4 Å². The second-order valence-corrected chi connectivity index (χ2v) is 4.15. The summed E-state index contributed by atoms with van der Waals surface area (Å²) in [7, 11) is 3.12. The van der Waals surface area contributed by atoms with Crippen LogP contribution in [0.25, 0.3) is 11.3 Å². The van der Waals surface area contributed by atoms with Gasteiger partial charge in [-0.25, -0.2) is 0 Å². The zero-order chi connectivity index (χ0) is 13.1. The molecule has 0 bridgehead atoms. The number of hydrogen-bond acceptors (Lipinski definition) is 5. The van der Waals surface area contributed by atoms with Crippen LogP contribution in [0, 0.1) is 11.3 Å². The molecule has 92 valence electrons. The predicted molar refractivity (Wildman–Crippen MR) is 67.5 cm³/mol. The van der Waals surface area contributed by atoms with E-state index in [9.17, 15) is 0 Å². The summed E-state index contributed by atoms with van der Waals surface area (Å²) in [4.78, 5) is 0. The van der Waals surface area contributed by atoms with E-state index in [2.05, 4.69) is 21.1 Å². The highest BCUT2D eigenvalue weighted by atomic mass is 79.9. The Morgan fingerprint density at radius 1 is 1.28 bits per heavy atom. The summed E-state index contributed by atoms with van der Waals surface area (Å²) in [6.07, 6.45) is 0. The molecule has 0 aliphatic heterocycles. The third-order valence-electron chi connectivity index (χ3n) is 2.39. The van der Waals surface area contributed by atoms with Crippen LogP contribution in [0.1, 0.15) is 5.69 Å². The van der Waals surface area contributed by atoms with Crippen molar-refractivity contribution in [3.63, 3.8) is 0 Å². The van der Waals surface area contributed by atoms with Crippen molar-refractivity contribution in [1.82, 2.24) is 5.16 Å². The second kappa shape index (κ2) is 5.10. The SMILES string of the molecule is COc1ccc(-c2onc(C#N)c2Br)cc1OC. The van der Waals surface area contributed by atoms with E-state index >= 15 is 0 Å². The molecule has 0 fully saturated rings. The van der Waals surface area contributed by atoms with Crippen LogP contribution in [-0.2, 0) is 0 Å². The van der Waals surface area contributed by atoms with E-state index in [0.29, 0.717) is 21.7 Å². The Hall–Kier alpha value is -2.00. The number of aromatic nitrogens is 1. The lowest BCUT2D eigenvalue weighted by Gasteiger charge is -2.08. The van der Waals surface area contributed by atoms with E-state index in [4.69, 9.17) is 19.3 Å². The molecule has 0 amide bonds. The fourth-order valence-corrected chi connectivity index (χ4v) is 1.97. The first-order valence-electron chi connectivity index (χ1n) is 4.99. The molecular weight excluding hydrogens is 300 g/mol. The standard InChI is InChI=1S/C12H9BrN2O3/c1-16-9-4-3-7(5-10(9)17-2)12-11(13)8(6-14)15-18-12/h3-5H,1-2H3. The molecule has 0 aliphatic carbocycles. The molecule has 0 N–H and O–H groups in total. The van der Waals surface area contributed by atoms with Crippen molar-refractivity contribution in [2.45, 2.75) is 0 Å². The Kier molecular flexibility index (Phi) is 3.53. The molecule has 0 unspecified atom stereocenters. The van der Waals surface area contributed by atoms with E-state index in [1.54, 1.807) is 32.4 Å². The van der Waals surface area contributed by atoms with Crippen molar-refractivity contribution in [3.8, 4) is 28.9 Å². The fraction of sp³-hybridized carbons (Fsp3) is 0.167. The molecule has 5 nitrogen and oxygen atoms in total. The molecule has 2 aromatic rings. The van der Waals surface area contributed by atoms with E-state index in [1.807, 2.05) is 6.07 Å². The summed E-state index contributed by atoms with van der Waals surface area (Å²) in [5.74, 6) is 1.68. The fourth-order valence-electron chi connectivity index (χ4n) is 1.51. The zero-order valence-electron chi connectivity index (χ0n) is 9.73. The van der Waals surface area contributed by atoms with Crippen LogP contribution in [0.5, 0.6) is 11.5 Å². The lowest BCUT2D eigenvalue weighted by atomic mass is 10.1. The summed E-state index contributed by atoms with van der Waals surface area (Å²) in [6.45, 7) is 0. The van der Waals surface area contributed by atoms with Crippen molar-refractivity contribution in [2.75, 3.05) is 14.2 Å². The van der Waals surface area contributed by atoms with Crippen LogP contribution >= 0.6 is 15.9 Å². The number of halogens is 1. The number of nitrogens with zero attached hydrogens (tertiary/aromatic N) is 2. The summed E-state index contributed by atoms with van der Waals surface area (Å²) in [5.41, 5.74) is 0.952. The minimum atomic E-state index is 0.208. The molecule has 0 aliphatic rings. The number of benzene rings is 1. The van der Waals surface area contributed by atoms with Crippen LogP contribution in [0.3, 0.4) is 0 Å². The molecule has 2 rings (SSSR count). The maximum atomic E-state index is 8.81. The molecule has 0 spiro atoms. The minimum Gasteiger partial charge on any atom is -0.493 e. The first-order chi connectivity index (χ1) is 8.71. The van der Waals surface area contributed by atoms with Gasteiger partial charge in [0.1, 0.15) is 10.5 Å². The lowest BCUT2D eigenvalue weighted by Crippen LogP contribution is -1.90. The van der Waals surface area contributed by atoms with Gasteiger partial charge in [0.25, 0.3) is 0 Å². The van der Waals surface area contributed by atoms with Gasteiger partial charge in [-0.05, 0) is 34.1 Å². The van der Waals surface area contributed by atoms with Crippen LogP contribution in [0.15, 0.2) is 27.2 Å². The molecule has 18 heavy (non-hydrogen) atoms. The quantitative estimate of drug-likeness (QED) is 0.872. The van der Waals surface area contributed by atoms with Gasteiger partial charge in [0, 0.05) is 5.56 Å². The van der Waals surface area contributed by atoms with Crippen LogP contribution in [0.2, 0.25) is 0 Å². The maximum Gasteiger partial charge on any atom is 0.198 e. The molecule has 0 saturated heterocycles. The summed E-state index contributed by atoms with van der Waals surface area (Å²) < 4.78 is 16.0. The number of rotatable bonds is 3. The largest absolute Gasteiger partial charge is 0.493 e. The third-order valence-corrected chi connectivity index (χ3v) is 3.12. The topological polar surface area (TPSA) is 68.3 Å². The van der Waals surface area contributed by atoms with Crippen molar-refractivity contribution in [2.24, 2.45) is 0 Å². The van der Waals surface area contributed by atoms with Gasteiger partial charge in [0.05, 0.1) is 14.2 Å². The average molecular weight is 309 g/mol. The highest BCUT2D eigenvalue weighted by Gasteiger charge is 2.16. The summed E-state index contributed by atoms with van der Waals surface area (Å²) in [5, 5.41) is 12.5. The van der Waals surface area contributed by atoms with E-state index in [-0.39, 0.29) is 5.69 Å². The van der Waals surface area contributed by atoms with Gasteiger partial charge in [-0.15, -0.1) is 0 Å². The van der Waals surface area contributed by atoms with E-state index in [0.717, 1.165) is 5.56 Å². The van der Waals surface area contributed by atoms with Gasteiger partial charge >= 0.3 is 0 Å². The van der Waals surface area contributed by atoms with Crippen molar-refractivity contribution < 1.29 is 14.0 Å². The van der Waals surface area contributed by atoms with Gasteiger partial charge < -0.3 is 14.0 Å². The van der Waals surface area contributed by atoms with Gasteiger partial charge in [0.15, 0.2) is 23.0 Å². The highest BCUT2D eigenvalue weighted by Crippen LogP contribution is 2.36. The predicted octanol–water partition coefficient (Wildman–Crippen LogP) is 2.99. The molecule has 0 atom stereocenters. The van der Waals surface area contributed by atoms with Gasteiger partial charge in [0.2, 0.25) is 0 Å². The summed E-state index contributed by atoms with van der Waals surface area (Å²) in [6, 6.07) is 7.24. The zero-order valence-corrected chi connectivity index (χ0v) is 11.3. The lowest BCUT2D eigenvalue weighted by molar-refractivity contribution is 0.355. The average Bonchev–Trinajstić information content (AvgIpc) is 2.79. The molecule has 1 heterocycles. The molecular formula is C12H9BrN2O3. The first-order valence-corrected chi connectivity index (χ1v) is 5.78. The third kappa shape index (κ3) is 2.05. The summed E-state index contributed by atoms with van der Waals surface area (Å²) >= 11 is 3.28. The van der Waals surface area contributed by atoms with Crippen LogP contribution < -0.4 is 9.47 Å². The minimum absolute atomic E-state index is 0.208. The van der Waals surface area contributed by atoms with Crippen LogP contribution in [0.4, 0.5) is 0 Å². The normalized spacial score (nSPS) is 9.89. The Labute approximate surface area is 112 Å². The molecule has 0 radical (unpaired) electrons. The highest BCUT2D eigenvalue weighted by molar-refractivity contribution is 9.10. The Morgan fingerprint density at radius 3 is 2.56 bits per heavy atom. The van der Waals surface area contributed by atoms with Gasteiger partial charge in [-0.2, -0.15) is 5.26 Å². The Morgan fingerprint density at radius 2 is 2.00 bits per heavy atom. The smallest absolute Gasteiger partial charge is 0.198 e. The van der Waals surface area contributed by atoms with Gasteiger partial charge in [-0.1, -0.05) is 5.16 Å². The molecule has 1 aromatic carbocycles. The van der Waals surface area contributed by atoms with E-state index < -0.39 is 0 Å². The first kappa shape index (κ1) is 12.5. The van der Waals surface area contributed by atoms with Crippen molar-refractivity contribution in [1.29, 1.82) is 5.26 Å². The van der Waals surface area contributed by atoms with E-state index in [1.165, 1.54) is 0 Å².